The van der Waals surface area contributed by atoms with Gasteiger partial charge in [-0.1, -0.05) is 78.3 Å². The Morgan fingerprint density at radius 1 is 0.439 bits per heavy atom. The van der Waals surface area contributed by atoms with Gasteiger partial charge in [0.25, 0.3) is 0 Å². The topological polar surface area (TPSA) is 412 Å². The van der Waals surface area contributed by atoms with E-state index in [2.05, 4.69) is 61.8 Å². The number of pyridine rings is 4. The lowest BCUT2D eigenvalue weighted by Gasteiger charge is -2.30. The van der Waals surface area contributed by atoms with Gasteiger partial charge in [0.05, 0.1) is 87.5 Å². The van der Waals surface area contributed by atoms with E-state index in [0.717, 1.165) is 10.0 Å². The molecule has 3 atom stereocenters. The number of carbonyl (C=O) groups excluding carboxylic acids is 2. The molecule has 44 heteroatoms. The van der Waals surface area contributed by atoms with Gasteiger partial charge < -0.3 is 95.6 Å². The zero-order valence-electron chi connectivity index (χ0n) is 71.0. The second-order valence-electron chi connectivity index (χ2n) is 27.4. The molecule has 696 valence electrons. The van der Waals surface area contributed by atoms with E-state index < -0.39 is 64.3 Å². The minimum atomic E-state index is -1.31. The van der Waals surface area contributed by atoms with Crippen LogP contribution in [-0.2, 0) is 28.4 Å². The number of phenolic OH excluding ortho intramolecular Hbond substituents is 1. The number of halogens is 6. The number of hydrogen-bond acceptors (Lipinski definition) is 32. The van der Waals surface area contributed by atoms with Gasteiger partial charge in [-0.25, -0.2) is 39.1 Å². The molecular weight excluding hydrogens is 2030 g/mol. The summed E-state index contributed by atoms with van der Waals surface area (Å²) in [6.07, 6.45) is 14.4. The Kier molecular flexibility index (Phi) is 38.3. The number of fused-ring (bicyclic) bond motifs is 9. The number of carboxylic acid groups (broad SMARTS) is 2. The Morgan fingerprint density at radius 2 is 0.773 bits per heavy atom. The number of esters is 2. The summed E-state index contributed by atoms with van der Waals surface area (Å²) in [7, 11) is 6.47. The Balaban J connectivity index is 0.000000161. The molecule has 0 saturated heterocycles. The quantitative estimate of drug-likeness (QED) is 0.0178. The standard InChI is InChI=1S/C22H21ClN2O6S.2C20H17ClN2O6S.C18H20ClNO6.C4H3Br2NS.C4H5NS/c1-3-29-22(27)14-12-25-16(10-17(14)26)13-9-15(23)19(30-7-4-6-28-2)11-18(13)31-21(25)20-24-5-8-32-20;2*1-27-4-2-5-28-17-9-16-11(7-13(17)21)14-8-15(24)12(20(25)26)10-23(14)19(29-16)18-22-3-6-30-18;1-3-25-18(23)12-10-20-14(8-15(12)21)11-7-13(19)17(9-16(11)22)26-6-4-5-24-2;5-3(6)4-7-1-2-8-4;1-4-5-2-3-6-4/h5,8-12,21H,3-4,6-7H2,1-2H3;2*3,6-10,19H,2,4-5H2,1H3,(H,25,26);7-10,22H,3-6H2,1-2H3,(H,20,21);1-3H;2-3H,1H3. The van der Waals surface area contributed by atoms with Crippen molar-refractivity contribution in [3.05, 3.63) is 264 Å². The number of thiazole rings is 5. The molecule has 0 fully saturated rings. The first-order valence-electron chi connectivity index (χ1n) is 39.7. The lowest BCUT2D eigenvalue weighted by molar-refractivity contribution is 0.0513. The smallest absolute Gasteiger partial charge is 0.343 e. The third-order valence-electron chi connectivity index (χ3n) is 18.5. The molecular formula is C88H83Br2Cl4N9O24S5. The summed E-state index contributed by atoms with van der Waals surface area (Å²) in [6, 6.07) is 18.0. The van der Waals surface area contributed by atoms with Crippen LogP contribution < -0.4 is 54.9 Å². The van der Waals surface area contributed by atoms with Crippen LogP contribution in [0.4, 0.5) is 0 Å². The van der Waals surface area contributed by atoms with Crippen molar-refractivity contribution in [2.24, 2.45) is 0 Å². The number of carboxylic acids is 2. The summed E-state index contributed by atoms with van der Waals surface area (Å²) in [5, 5.41) is 43.8. The van der Waals surface area contributed by atoms with Crippen LogP contribution in [0.25, 0.3) is 45.0 Å². The SMILES string of the molecule is BrC(Br)c1nccs1.CCOC(=O)c1c[nH]c(-c2cc(Cl)c(OCCCOC)cc2O)cc1=O.CCOC(=O)c1cn2c(cc1=O)-c1cc(Cl)c(OCCCOC)cc1OC2c1nccs1.COCCCOc1cc2c(cc1Cl)-c1cc(=O)c(C(=O)O)cn1C(c1nccs1)O2.COCCCOc1cc2c(cc1Cl)-c1cc(=O)c(C(=O)O)cn1C(c1nccs1)O2.Cc1nccs1. The molecule has 4 aromatic carbocycles. The minimum absolute atomic E-state index is 0.0756. The van der Waals surface area contributed by atoms with Gasteiger partial charge in [-0.05, 0) is 45.0 Å². The number of H-pyrrole nitrogens is 1. The van der Waals surface area contributed by atoms with Crippen LogP contribution in [-0.4, -0.2) is 177 Å². The van der Waals surface area contributed by atoms with Crippen LogP contribution in [0.5, 0.6) is 46.0 Å². The molecule has 33 nitrogen and oxygen atoms in total. The number of nitrogens with one attached hydrogen (secondary N) is 1. The maximum Gasteiger partial charge on any atom is 0.343 e. The highest BCUT2D eigenvalue weighted by atomic mass is 79.9. The zero-order valence-corrected chi connectivity index (χ0v) is 81.3. The predicted octanol–water partition coefficient (Wildman–Crippen LogP) is 18.9. The first-order chi connectivity index (χ1) is 63.7. The summed E-state index contributed by atoms with van der Waals surface area (Å²) in [5.74, 6) is -1.01. The molecule has 0 radical (unpaired) electrons. The van der Waals surface area contributed by atoms with E-state index in [-0.39, 0.29) is 50.0 Å². The number of benzene rings is 4. The number of alkyl halides is 2. The van der Waals surface area contributed by atoms with E-state index in [1.165, 1.54) is 95.2 Å². The predicted molar refractivity (Wildman–Crippen MR) is 509 cm³/mol. The summed E-state index contributed by atoms with van der Waals surface area (Å²) in [6.45, 7) is 9.56. The van der Waals surface area contributed by atoms with Crippen molar-refractivity contribution in [3.63, 3.8) is 0 Å². The highest BCUT2D eigenvalue weighted by molar-refractivity contribution is 9.24. The van der Waals surface area contributed by atoms with Crippen molar-refractivity contribution in [1.82, 2.24) is 43.6 Å². The highest BCUT2D eigenvalue weighted by Gasteiger charge is 2.36. The van der Waals surface area contributed by atoms with Crippen molar-refractivity contribution in [2.75, 3.05) is 94.5 Å². The number of carbonyl (C=O) groups is 4. The van der Waals surface area contributed by atoms with Crippen molar-refractivity contribution < 1.29 is 96.1 Å². The summed E-state index contributed by atoms with van der Waals surface area (Å²) >= 11 is 39.5. The van der Waals surface area contributed by atoms with Crippen molar-refractivity contribution in [2.45, 2.75) is 68.9 Å². The molecule has 4 N–H and O–H groups in total. The van der Waals surface area contributed by atoms with Gasteiger partial charge in [0.2, 0.25) is 18.7 Å². The summed E-state index contributed by atoms with van der Waals surface area (Å²) in [4.78, 5) is 120. The molecule has 3 unspecified atom stereocenters. The first kappa shape index (κ1) is 102. The normalized spacial score (nSPS) is 13.2. The maximum absolute atomic E-state index is 12.7. The molecule has 0 amide bonds. The van der Waals surface area contributed by atoms with Crippen LogP contribution >= 0.6 is 135 Å². The minimum Gasteiger partial charge on any atom is -0.507 e. The number of aromatic nitrogens is 9. The van der Waals surface area contributed by atoms with Crippen LogP contribution in [0.2, 0.25) is 20.1 Å². The number of aromatic carboxylic acids is 2. The molecule has 0 saturated carbocycles. The molecule has 3 aliphatic rings. The second-order valence-corrected chi connectivity index (χ2v) is 36.9. The van der Waals surface area contributed by atoms with Gasteiger partial charge in [0, 0.05) is 234 Å². The Bertz CT molecular complexity index is 6170. The van der Waals surface area contributed by atoms with Crippen LogP contribution in [0, 0.1) is 6.92 Å². The number of phenols is 1. The van der Waals surface area contributed by atoms with Crippen molar-refractivity contribution >= 4 is 159 Å². The fourth-order valence-electron chi connectivity index (χ4n) is 12.5. The first-order valence-corrected chi connectivity index (χ1v) is 47.5. The average Bonchev–Trinajstić information content (AvgIpc) is 0.785. The third kappa shape index (κ3) is 26.3. The van der Waals surface area contributed by atoms with Gasteiger partial charge >= 0.3 is 23.9 Å². The maximum atomic E-state index is 12.7. The molecule has 9 aromatic heterocycles. The summed E-state index contributed by atoms with van der Waals surface area (Å²) < 4.78 is 76.3. The van der Waals surface area contributed by atoms with Crippen LogP contribution in [0.3, 0.4) is 0 Å². The van der Waals surface area contributed by atoms with E-state index in [9.17, 15) is 53.7 Å². The number of aromatic hydroxyl groups is 1. The molecule has 0 bridgehead atoms. The second kappa shape index (κ2) is 49.7. The van der Waals surface area contributed by atoms with Crippen molar-refractivity contribution in [3.8, 4) is 91.0 Å². The molecule has 0 aliphatic carbocycles. The number of rotatable bonds is 31. The van der Waals surface area contributed by atoms with Gasteiger partial charge in [0.15, 0.2) is 36.7 Å². The summed E-state index contributed by atoms with van der Waals surface area (Å²) in [5.41, 5.74) is 0.823. The number of aromatic amines is 1. The van der Waals surface area contributed by atoms with E-state index in [4.69, 9.17) is 108 Å². The third-order valence-corrected chi connectivity index (χ3v) is 25.1. The lowest BCUT2D eigenvalue weighted by Crippen LogP contribution is -2.28. The number of nitrogens with zero attached hydrogens (tertiary/aromatic N) is 8. The fraction of sp³-hybridized carbons (Fsp3) is 0.284. The van der Waals surface area contributed by atoms with Crippen LogP contribution in [0.15, 0.2) is 175 Å². The van der Waals surface area contributed by atoms with E-state index in [1.54, 1.807) is 157 Å². The molecule has 13 aromatic rings. The van der Waals surface area contributed by atoms with Crippen molar-refractivity contribution in [1.29, 1.82) is 0 Å². The Labute approximate surface area is 810 Å². The number of aryl methyl sites for hydroxylation is 1. The lowest BCUT2D eigenvalue weighted by atomic mass is 10.1. The van der Waals surface area contributed by atoms with E-state index in [1.807, 2.05) is 23.1 Å². The molecule has 132 heavy (non-hydrogen) atoms. The van der Waals surface area contributed by atoms with Crippen LogP contribution in [0.1, 0.15) is 128 Å². The monoisotopic (exact) mass is 2110 g/mol. The molecule has 3 aliphatic heterocycles. The van der Waals surface area contributed by atoms with E-state index >= 15 is 0 Å². The molecule has 12 heterocycles. The van der Waals surface area contributed by atoms with Gasteiger partial charge in [-0.15, -0.1) is 56.7 Å². The Hall–Kier alpha value is -10.9. The molecule has 0 spiro atoms. The van der Waals surface area contributed by atoms with Gasteiger partial charge in [-0.3, -0.25) is 24.2 Å². The number of ether oxygens (including phenoxy) is 13. The Morgan fingerprint density at radius 3 is 1.08 bits per heavy atom. The fourth-order valence-corrected chi connectivity index (χ4v) is 17.2. The largest absolute Gasteiger partial charge is 0.507 e. The highest BCUT2D eigenvalue weighted by Crippen LogP contribution is 2.49. The van der Waals surface area contributed by atoms with Gasteiger partial charge in [-0.2, -0.15) is 0 Å². The van der Waals surface area contributed by atoms with Gasteiger partial charge in [0.1, 0.15) is 77.0 Å². The molecule has 16 rings (SSSR count). The van der Waals surface area contributed by atoms with E-state index in [0.29, 0.717) is 194 Å². The number of methoxy groups -OCH3 is 4. The average molecular weight is 2110 g/mol. The number of hydrogen-bond donors (Lipinski definition) is 4. The zero-order chi connectivity index (χ0) is 94.7.